The van der Waals surface area contributed by atoms with E-state index in [1.807, 2.05) is 0 Å². The SMILES string of the molecule is NC(=O)CN(CC(N)=O)C(=O)C1(C(N)=S)CC1. The van der Waals surface area contributed by atoms with E-state index in [0.717, 1.165) is 4.90 Å². The third-order valence-electron chi connectivity index (χ3n) is 2.61. The number of primary amides is 2. The van der Waals surface area contributed by atoms with Crippen LogP contribution in [-0.2, 0) is 14.4 Å². The first-order chi connectivity index (χ1) is 7.79. The Bertz CT molecular complexity index is 376. The molecule has 0 saturated heterocycles. The summed E-state index contributed by atoms with van der Waals surface area (Å²) in [6, 6.07) is 0. The van der Waals surface area contributed by atoms with Gasteiger partial charge in [0.25, 0.3) is 0 Å². The summed E-state index contributed by atoms with van der Waals surface area (Å²) >= 11 is 4.81. The van der Waals surface area contributed by atoms with Gasteiger partial charge in [-0.3, -0.25) is 14.4 Å². The van der Waals surface area contributed by atoms with E-state index >= 15 is 0 Å². The van der Waals surface area contributed by atoms with Gasteiger partial charge in [-0.05, 0) is 12.8 Å². The largest absolute Gasteiger partial charge is 0.392 e. The number of nitrogens with zero attached hydrogens (tertiary/aromatic N) is 1. The van der Waals surface area contributed by atoms with Crippen molar-refractivity contribution in [1.29, 1.82) is 0 Å². The van der Waals surface area contributed by atoms with Crippen LogP contribution in [0.1, 0.15) is 12.8 Å². The highest BCUT2D eigenvalue weighted by Gasteiger charge is 2.54. The van der Waals surface area contributed by atoms with E-state index in [1.165, 1.54) is 0 Å². The van der Waals surface area contributed by atoms with Crippen LogP contribution in [0.2, 0.25) is 0 Å². The Labute approximate surface area is 103 Å². The fourth-order valence-electron chi connectivity index (χ4n) is 1.57. The lowest BCUT2D eigenvalue weighted by Crippen LogP contribution is -2.49. The molecule has 3 amide bonds. The van der Waals surface area contributed by atoms with E-state index in [1.54, 1.807) is 0 Å². The number of amides is 3. The van der Waals surface area contributed by atoms with Crippen molar-refractivity contribution in [1.82, 2.24) is 4.90 Å². The lowest BCUT2D eigenvalue weighted by atomic mass is 10.1. The number of rotatable bonds is 6. The molecular formula is C9H14N4O3S. The van der Waals surface area contributed by atoms with E-state index in [-0.39, 0.29) is 18.1 Å². The van der Waals surface area contributed by atoms with Gasteiger partial charge >= 0.3 is 0 Å². The van der Waals surface area contributed by atoms with Crippen molar-refractivity contribution in [3.63, 3.8) is 0 Å². The number of thiocarbonyl (C=S) groups is 1. The molecule has 7 nitrogen and oxygen atoms in total. The molecule has 0 atom stereocenters. The molecule has 17 heavy (non-hydrogen) atoms. The van der Waals surface area contributed by atoms with Crippen LogP contribution in [0.3, 0.4) is 0 Å². The van der Waals surface area contributed by atoms with Crippen LogP contribution < -0.4 is 17.2 Å². The number of carbonyl (C=O) groups excluding carboxylic acids is 3. The van der Waals surface area contributed by atoms with Gasteiger partial charge in [0.05, 0.1) is 23.5 Å². The summed E-state index contributed by atoms with van der Waals surface area (Å²) in [4.78, 5) is 34.8. The molecular weight excluding hydrogens is 244 g/mol. The number of hydrogen-bond donors (Lipinski definition) is 3. The van der Waals surface area contributed by atoms with Gasteiger partial charge in [0.2, 0.25) is 17.7 Å². The minimum Gasteiger partial charge on any atom is -0.392 e. The molecule has 0 aromatic rings. The maximum absolute atomic E-state index is 12.1. The van der Waals surface area contributed by atoms with E-state index < -0.39 is 23.1 Å². The van der Waals surface area contributed by atoms with Crippen LogP contribution in [0.15, 0.2) is 0 Å². The van der Waals surface area contributed by atoms with Gasteiger partial charge in [-0.15, -0.1) is 0 Å². The Balaban J connectivity index is 2.83. The van der Waals surface area contributed by atoms with E-state index in [2.05, 4.69) is 0 Å². The van der Waals surface area contributed by atoms with Gasteiger partial charge in [0, 0.05) is 0 Å². The molecule has 1 fully saturated rings. The lowest BCUT2D eigenvalue weighted by molar-refractivity contribution is -0.140. The summed E-state index contributed by atoms with van der Waals surface area (Å²) in [5.74, 6) is -1.90. The molecule has 6 N–H and O–H groups in total. The molecule has 1 aliphatic carbocycles. The molecule has 0 heterocycles. The standard InChI is InChI=1S/C9H14N4O3S/c10-5(14)3-13(4-6(11)15)8(16)9(1-2-9)7(12)17/h1-4H2,(H2,10,14)(H2,11,15)(H2,12,17). The van der Waals surface area contributed by atoms with Crippen LogP contribution in [0.4, 0.5) is 0 Å². The molecule has 0 unspecified atom stereocenters. The highest BCUT2D eigenvalue weighted by Crippen LogP contribution is 2.47. The Hall–Kier alpha value is -1.70. The zero-order valence-corrected chi connectivity index (χ0v) is 9.96. The molecule has 0 spiro atoms. The maximum Gasteiger partial charge on any atom is 0.237 e. The zero-order valence-electron chi connectivity index (χ0n) is 9.14. The average molecular weight is 258 g/mol. The molecule has 1 aliphatic rings. The highest BCUT2D eigenvalue weighted by molar-refractivity contribution is 7.80. The van der Waals surface area contributed by atoms with E-state index in [0.29, 0.717) is 12.8 Å². The minimum absolute atomic E-state index is 0.0708. The van der Waals surface area contributed by atoms with Gasteiger partial charge in [-0.1, -0.05) is 12.2 Å². The van der Waals surface area contributed by atoms with Crippen molar-refractivity contribution in [3.05, 3.63) is 0 Å². The first kappa shape index (κ1) is 13.4. The van der Waals surface area contributed by atoms with Crippen molar-refractivity contribution >= 4 is 34.9 Å². The van der Waals surface area contributed by atoms with Crippen LogP contribution in [0, 0.1) is 5.41 Å². The fraction of sp³-hybridized carbons (Fsp3) is 0.556. The molecule has 0 aromatic heterocycles. The summed E-state index contributed by atoms with van der Waals surface area (Å²) in [6.45, 7) is -0.738. The molecule has 1 rings (SSSR count). The molecule has 0 aliphatic heterocycles. The number of carbonyl (C=O) groups is 3. The predicted octanol–water partition coefficient (Wildman–Crippen LogP) is -2.15. The van der Waals surface area contributed by atoms with Crippen LogP contribution in [0.25, 0.3) is 0 Å². The summed E-state index contributed by atoms with van der Waals surface area (Å²) < 4.78 is 0. The molecule has 8 heteroatoms. The van der Waals surface area contributed by atoms with Crippen molar-refractivity contribution in [2.75, 3.05) is 13.1 Å². The third-order valence-corrected chi connectivity index (χ3v) is 3.00. The normalized spacial score (nSPS) is 16.0. The van der Waals surface area contributed by atoms with Crippen molar-refractivity contribution < 1.29 is 14.4 Å². The number of nitrogens with two attached hydrogens (primary N) is 3. The Morgan fingerprint density at radius 2 is 1.47 bits per heavy atom. The van der Waals surface area contributed by atoms with Crippen LogP contribution >= 0.6 is 12.2 Å². The average Bonchev–Trinajstić information content (AvgIpc) is 2.94. The van der Waals surface area contributed by atoms with Crippen molar-refractivity contribution in [2.45, 2.75) is 12.8 Å². The monoisotopic (exact) mass is 258 g/mol. The highest BCUT2D eigenvalue weighted by atomic mass is 32.1. The molecule has 1 saturated carbocycles. The van der Waals surface area contributed by atoms with Crippen molar-refractivity contribution in [2.24, 2.45) is 22.6 Å². The first-order valence-corrected chi connectivity index (χ1v) is 5.36. The second-order valence-electron chi connectivity index (χ2n) is 4.04. The second kappa shape index (κ2) is 4.66. The van der Waals surface area contributed by atoms with Crippen LogP contribution in [-0.4, -0.2) is 40.7 Å². The summed E-state index contributed by atoms with van der Waals surface area (Å²) in [7, 11) is 0. The van der Waals surface area contributed by atoms with Gasteiger partial charge in [0.1, 0.15) is 0 Å². The number of hydrogen-bond acceptors (Lipinski definition) is 4. The quantitative estimate of drug-likeness (QED) is 0.467. The Kier molecular flexibility index (Phi) is 3.66. The third kappa shape index (κ3) is 2.90. The van der Waals surface area contributed by atoms with Gasteiger partial charge < -0.3 is 22.1 Å². The Morgan fingerprint density at radius 3 is 1.71 bits per heavy atom. The molecule has 0 radical (unpaired) electrons. The van der Waals surface area contributed by atoms with Crippen molar-refractivity contribution in [3.8, 4) is 0 Å². The summed E-state index contributed by atoms with van der Waals surface area (Å²) in [6.07, 6.45) is 1.05. The van der Waals surface area contributed by atoms with E-state index in [9.17, 15) is 14.4 Å². The van der Waals surface area contributed by atoms with Gasteiger partial charge in [0.15, 0.2) is 0 Å². The predicted molar refractivity (Wildman–Crippen MR) is 63.4 cm³/mol. The molecule has 0 aromatic carbocycles. The Morgan fingerprint density at radius 1 is 1.06 bits per heavy atom. The van der Waals surface area contributed by atoms with E-state index in [4.69, 9.17) is 29.4 Å². The van der Waals surface area contributed by atoms with Gasteiger partial charge in [-0.25, -0.2) is 0 Å². The zero-order chi connectivity index (χ0) is 13.2. The summed E-state index contributed by atoms with van der Waals surface area (Å²) in [5.41, 5.74) is 14.6. The lowest BCUT2D eigenvalue weighted by Gasteiger charge is -2.24. The molecule has 94 valence electrons. The fourth-order valence-corrected chi connectivity index (χ4v) is 1.86. The maximum atomic E-state index is 12.1. The van der Waals surface area contributed by atoms with Gasteiger partial charge in [-0.2, -0.15) is 0 Å². The molecule has 0 bridgehead atoms. The van der Waals surface area contributed by atoms with Crippen LogP contribution in [0.5, 0.6) is 0 Å². The first-order valence-electron chi connectivity index (χ1n) is 4.95. The smallest absolute Gasteiger partial charge is 0.237 e. The summed E-state index contributed by atoms with van der Waals surface area (Å²) in [5, 5.41) is 0. The minimum atomic E-state index is -0.916. The second-order valence-corrected chi connectivity index (χ2v) is 4.48. The topological polar surface area (TPSA) is 133 Å².